The van der Waals surface area contributed by atoms with Crippen LogP contribution in [0.5, 0.6) is 5.75 Å². The zero-order valence-corrected chi connectivity index (χ0v) is 18.9. The summed E-state index contributed by atoms with van der Waals surface area (Å²) in [4.78, 5) is 52.1. The van der Waals surface area contributed by atoms with Crippen molar-refractivity contribution in [3.05, 3.63) is 54.1 Å². The predicted molar refractivity (Wildman–Crippen MR) is 123 cm³/mol. The van der Waals surface area contributed by atoms with Gasteiger partial charge in [-0.05, 0) is 80.5 Å². The van der Waals surface area contributed by atoms with Crippen LogP contribution in [-0.4, -0.2) is 36.9 Å². The van der Waals surface area contributed by atoms with E-state index in [2.05, 4.69) is 5.32 Å². The molecule has 0 radical (unpaired) electrons. The Balaban J connectivity index is 1.21. The van der Waals surface area contributed by atoms with E-state index in [4.69, 9.17) is 9.47 Å². The van der Waals surface area contributed by atoms with Crippen LogP contribution >= 0.6 is 0 Å². The van der Waals surface area contributed by atoms with E-state index in [-0.39, 0.29) is 29.2 Å². The Kier molecular flexibility index (Phi) is 5.81. The average Bonchev–Trinajstić information content (AvgIpc) is 3.52. The monoisotopic (exact) mass is 462 g/mol. The van der Waals surface area contributed by atoms with Crippen molar-refractivity contribution in [2.75, 3.05) is 23.4 Å². The molecule has 1 N–H and O–H groups in total. The number of ether oxygens (including phenoxy) is 2. The zero-order chi connectivity index (χ0) is 23.8. The first kappa shape index (κ1) is 22.1. The van der Waals surface area contributed by atoms with Crippen molar-refractivity contribution in [1.82, 2.24) is 0 Å². The number of carbonyl (C=O) groups is 4. The molecule has 34 heavy (non-hydrogen) atoms. The number of hydrogen-bond donors (Lipinski definition) is 1. The summed E-state index contributed by atoms with van der Waals surface area (Å²) in [6.07, 6.45) is 2.97. The molecule has 0 aromatic heterocycles. The molecule has 1 aliphatic heterocycles. The van der Waals surface area contributed by atoms with Crippen molar-refractivity contribution in [2.45, 2.75) is 26.2 Å². The van der Waals surface area contributed by atoms with E-state index < -0.39 is 18.5 Å². The first-order valence-electron chi connectivity index (χ1n) is 11.6. The minimum atomic E-state index is -0.706. The fourth-order valence-electron chi connectivity index (χ4n) is 5.65. The second kappa shape index (κ2) is 8.93. The number of carbonyl (C=O) groups excluding carboxylic acids is 4. The highest BCUT2D eigenvalue weighted by Gasteiger charge is 2.61. The van der Waals surface area contributed by atoms with Crippen molar-refractivity contribution >= 4 is 35.1 Å². The van der Waals surface area contributed by atoms with E-state index in [1.54, 1.807) is 36.4 Å². The van der Waals surface area contributed by atoms with E-state index in [1.807, 2.05) is 6.92 Å². The third-order valence-electron chi connectivity index (χ3n) is 7.05. The summed E-state index contributed by atoms with van der Waals surface area (Å²) in [5.41, 5.74) is 1.10. The number of esters is 1. The summed E-state index contributed by atoms with van der Waals surface area (Å²) in [7, 11) is 0. The molecular formula is C26H26N2O6. The molecule has 1 saturated heterocycles. The molecule has 176 valence electrons. The molecule has 3 amide bonds. The van der Waals surface area contributed by atoms with Crippen LogP contribution in [0.1, 0.15) is 36.5 Å². The van der Waals surface area contributed by atoms with Gasteiger partial charge in [0.2, 0.25) is 11.8 Å². The fraction of sp³-hybridized carbons (Fsp3) is 0.385. The number of nitrogens with one attached hydrogen (secondary N) is 1. The second-order valence-electron chi connectivity index (χ2n) is 9.03. The van der Waals surface area contributed by atoms with Gasteiger partial charge in [0.15, 0.2) is 6.61 Å². The molecule has 3 fully saturated rings. The first-order valence-corrected chi connectivity index (χ1v) is 11.6. The van der Waals surface area contributed by atoms with Crippen molar-refractivity contribution in [2.24, 2.45) is 23.7 Å². The maximum Gasteiger partial charge on any atom is 0.338 e. The summed E-state index contributed by atoms with van der Waals surface area (Å²) >= 11 is 0. The molecular weight excluding hydrogens is 436 g/mol. The average molecular weight is 463 g/mol. The molecule has 2 aromatic rings. The van der Waals surface area contributed by atoms with Crippen LogP contribution in [-0.2, 0) is 19.1 Å². The SMILES string of the molecule is CCOc1ccc(NC(=O)COC(=O)c2cccc(N3C(=O)[C@H]4[C@H]5CC[C@@H](C5)[C@@H]4C3=O)c2)cc1. The lowest BCUT2D eigenvalue weighted by Crippen LogP contribution is -2.32. The van der Waals surface area contributed by atoms with Gasteiger partial charge < -0.3 is 14.8 Å². The van der Waals surface area contributed by atoms with Gasteiger partial charge in [-0.15, -0.1) is 0 Å². The third-order valence-corrected chi connectivity index (χ3v) is 7.05. The first-order chi connectivity index (χ1) is 16.5. The van der Waals surface area contributed by atoms with Gasteiger partial charge in [-0.25, -0.2) is 4.79 Å². The minimum absolute atomic E-state index is 0.164. The summed E-state index contributed by atoms with van der Waals surface area (Å²) in [6, 6.07) is 13.1. The maximum absolute atomic E-state index is 13.0. The molecule has 2 saturated carbocycles. The number of nitrogens with zero attached hydrogens (tertiary/aromatic N) is 1. The third kappa shape index (κ3) is 3.93. The van der Waals surface area contributed by atoms with E-state index in [9.17, 15) is 19.2 Å². The van der Waals surface area contributed by atoms with Gasteiger partial charge in [0, 0.05) is 5.69 Å². The van der Waals surface area contributed by atoms with Gasteiger partial charge in [-0.1, -0.05) is 6.07 Å². The number of anilines is 2. The molecule has 5 rings (SSSR count). The van der Waals surface area contributed by atoms with E-state index in [0.29, 0.717) is 35.6 Å². The topological polar surface area (TPSA) is 102 Å². The Hall–Kier alpha value is -3.68. The van der Waals surface area contributed by atoms with Crippen molar-refractivity contribution in [3.63, 3.8) is 0 Å². The van der Waals surface area contributed by atoms with Crippen LogP contribution in [0.4, 0.5) is 11.4 Å². The summed E-state index contributed by atoms with van der Waals surface area (Å²) in [6.45, 7) is 1.96. The summed E-state index contributed by atoms with van der Waals surface area (Å²) in [5.74, 6) is -0.703. The number of hydrogen-bond acceptors (Lipinski definition) is 6. The Morgan fingerprint density at radius 3 is 2.32 bits per heavy atom. The second-order valence-corrected chi connectivity index (χ2v) is 9.03. The van der Waals surface area contributed by atoms with Crippen LogP contribution in [0.2, 0.25) is 0 Å². The Bertz CT molecular complexity index is 1120. The summed E-state index contributed by atoms with van der Waals surface area (Å²) < 4.78 is 10.5. The lowest BCUT2D eigenvalue weighted by atomic mass is 9.81. The standard InChI is InChI=1S/C26H26N2O6/c1-2-33-20-10-8-18(9-11-20)27-21(29)14-34-26(32)17-4-3-5-19(13-17)28-24(30)22-15-6-7-16(12-15)23(22)25(28)31/h3-5,8-11,13,15-16,22-23H,2,6-7,12,14H2,1H3,(H,27,29)/t15-,16-,22-,23-/m0/s1. The van der Waals surface area contributed by atoms with Gasteiger partial charge in [0.05, 0.1) is 29.7 Å². The largest absolute Gasteiger partial charge is 0.494 e. The van der Waals surface area contributed by atoms with Crippen LogP contribution in [0.25, 0.3) is 0 Å². The molecule has 2 aliphatic carbocycles. The van der Waals surface area contributed by atoms with E-state index in [0.717, 1.165) is 19.3 Å². The van der Waals surface area contributed by atoms with Crippen LogP contribution in [0.15, 0.2) is 48.5 Å². The maximum atomic E-state index is 13.0. The Morgan fingerprint density at radius 1 is 1.00 bits per heavy atom. The van der Waals surface area contributed by atoms with Crippen LogP contribution < -0.4 is 15.0 Å². The molecule has 8 heteroatoms. The van der Waals surface area contributed by atoms with Crippen molar-refractivity contribution in [3.8, 4) is 5.75 Å². The quantitative estimate of drug-likeness (QED) is 0.500. The van der Waals surface area contributed by atoms with E-state index in [1.165, 1.54) is 17.0 Å². The smallest absolute Gasteiger partial charge is 0.338 e. The number of fused-ring (bicyclic) bond motifs is 5. The van der Waals surface area contributed by atoms with E-state index >= 15 is 0 Å². The van der Waals surface area contributed by atoms with Crippen molar-refractivity contribution < 1.29 is 28.7 Å². The molecule has 0 unspecified atom stereocenters. The number of imide groups is 1. The van der Waals surface area contributed by atoms with Gasteiger partial charge in [0.1, 0.15) is 5.75 Å². The van der Waals surface area contributed by atoms with Crippen molar-refractivity contribution in [1.29, 1.82) is 0 Å². The molecule has 2 bridgehead atoms. The van der Waals surface area contributed by atoms with Gasteiger partial charge in [0.25, 0.3) is 5.91 Å². The minimum Gasteiger partial charge on any atom is -0.494 e. The molecule has 1 heterocycles. The highest BCUT2D eigenvalue weighted by atomic mass is 16.5. The Labute approximate surface area is 197 Å². The zero-order valence-electron chi connectivity index (χ0n) is 18.9. The Morgan fingerprint density at radius 2 is 1.68 bits per heavy atom. The lowest BCUT2D eigenvalue weighted by molar-refractivity contribution is -0.123. The molecule has 8 nitrogen and oxygen atoms in total. The predicted octanol–water partition coefficient (Wildman–Crippen LogP) is 3.42. The van der Waals surface area contributed by atoms with Gasteiger partial charge in [-0.2, -0.15) is 0 Å². The van der Waals surface area contributed by atoms with Gasteiger partial charge >= 0.3 is 5.97 Å². The highest BCUT2D eigenvalue weighted by molar-refractivity contribution is 6.22. The number of benzene rings is 2. The van der Waals surface area contributed by atoms with Crippen LogP contribution in [0.3, 0.4) is 0 Å². The van der Waals surface area contributed by atoms with Crippen LogP contribution in [0, 0.1) is 23.7 Å². The number of amides is 3. The molecule has 2 aromatic carbocycles. The number of rotatable bonds is 7. The van der Waals surface area contributed by atoms with Gasteiger partial charge in [-0.3, -0.25) is 19.3 Å². The fourth-order valence-corrected chi connectivity index (χ4v) is 5.65. The molecule has 4 atom stereocenters. The normalized spacial score (nSPS) is 24.8. The highest BCUT2D eigenvalue weighted by Crippen LogP contribution is 2.56. The lowest BCUT2D eigenvalue weighted by Gasteiger charge is -2.19. The molecule has 3 aliphatic rings. The molecule has 0 spiro atoms. The summed E-state index contributed by atoms with van der Waals surface area (Å²) in [5, 5.41) is 2.65.